The molecule has 1 N–H and O–H groups in total. The quantitative estimate of drug-likeness (QED) is 0.927. The lowest BCUT2D eigenvalue weighted by Crippen LogP contribution is -2.11. The molecule has 2 aromatic rings. The minimum Gasteiger partial charge on any atom is -0.496 e. The predicted molar refractivity (Wildman–Crippen MR) is 87.2 cm³/mol. The van der Waals surface area contributed by atoms with Crippen LogP contribution in [0.4, 0.5) is 0 Å². The second-order valence-corrected chi connectivity index (χ2v) is 7.22. The third kappa shape index (κ3) is 3.83. The molecule has 0 saturated carbocycles. The van der Waals surface area contributed by atoms with Crippen molar-refractivity contribution >= 4 is 11.3 Å². The molecule has 4 heteroatoms. The van der Waals surface area contributed by atoms with Gasteiger partial charge in [-0.2, -0.15) is 0 Å². The molecule has 2 rings (SSSR count). The summed E-state index contributed by atoms with van der Waals surface area (Å²) in [4.78, 5) is 4.58. The molecule has 0 bridgehead atoms. The average molecular weight is 305 g/mol. The van der Waals surface area contributed by atoms with E-state index in [1.54, 1.807) is 18.4 Å². The maximum Gasteiger partial charge on any atom is 0.122 e. The number of benzene rings is 1. The zero-order valence-electron chi connectivity index (χ0n) is 13.3. The Labute approximate surface area is 130 Å². The number of aromatic nitrogens is 1. The highest BCUT2D eigenvalue weighted by Gasteiger charge is 2.21. The van der Waals surface area contributed by atoms with Gasteiger partial charge in [0.2, 0.25) is 0 Å². The van der Waals surface area contributed by atoms with Crippen molar-refractivity contribution in [1.82, 2.24) is 4.98 Å². The standard InChI is InChI=1S/C17H23NO2S/c1-11-6-7-15(20-5)12(8-11)9-14(19)13-10-21-16(18-13)17(2,3)4/h6-8,10,14,19H,9H2,1-5H3. The molecule has 114 valence electrons. The average Bonchev–Trinajstić information content (AvgIpc) is 2.88. The van der Waals surface area contributed by atoms with Gasteiger partial charge in [-0.1, -0.05) is 38.5 Å². The monoisotopic (exact) mass is 305 g/mol. The van der Waals surface area contributed by atoms with E-state index in [1.165, 1.54) is 0 Å². The summed E-state index contributed by atoms with van der Waals surface area (Å²) in [5.74, 6) is 0.811. The van der Waals surface area contributed by atoms with E-state index in [9.17, 15) is 5.11 Å². The van der Waals surface area contributed by atoms with Crippen molar-refractivity contribution in [1.29, 1.82) is 0 Å². The van der Waals surface area contributed by atoms with Crippen LogP contribution >= 0.6 is 11.3 Å². The van der Waals surface area contributed by atoms with E-state index in [4.69, 9.17) is 4.74 Å². The molecule has 0 aliphatic rings. The van der Waals surface area contributed by atoms with Crippen LogP contribution in [-0.4, -0.2) is 17.2 Å². The van der Waals surface area contributed by atoms with Gasteiger partial charge in [-0.05, 0) is 18.6 Å². The third-order valence-electron chi connectivity index (χ3n) is 3.35. The minimum atomic E-state index is -0.604. The van der Waals surface area contributed by atoms with E-state index in [0.717, 1.165) is 27.6 Å². The van der Waals surface area contributed by atoms with Crippen LogP contribution in [0, 0.1) is 6.92 Å². The van der Waals surface area contributed by atoms with Crippen molar-refractivity contribution in [2.45, 2.75) is 45.6 Å². The summed E-state index contributed by atoms with van der Waals surface area (Å²) < 4.78 is 5.37. The minimum absolute atomic E-state index is 0.0175. The van der Waals surface area contributed by atoms with Gasteiger partial charge in [0.25, 0.3) is 0 Å². The fraction of sp³-hybridized carbons (Fsp3) is 0.471. The number of nitrogens with zero attached hydrogens (tertiary/aromatic N) is 1. The molecule has 1 aromatic heterocycles. The van der Waals surface area contributed by atoms with Crippen LogP contribution in [0.25, 0.3) is 0 Å². The Bertz CT molecular complexity index is 613. The van der Waals surface area contributed by atoms with Crippen LogP contribution in [0.1, 0.15) is 48.7 Å². The van der Waals surface area contributed by atoms with Gasteiger partial charge in [0.15, 0.2) is 0 Å². The topological polar surface area (TPSA) is 42.4 Å². The number of aryl methyl sites for hydroxylation is 1. The van der Waals surface area contributed by atoms with Gasteiger partial charge in [-0.15, -0.1) is 11.3 Å². The van der Waals surface area contributed by atoms with Crippen molar-refractivity contribution in [3.63, 3.8) is 0 Å². The SMILES string of the molecule is COc1ccc(C)cc1CC(O)c1csc(C(C)(C)C)n1. The Morgan fingerprint density at radius 2 is 2.05 bits per heavy atom. The summed E-state index contributed by atoms with van der Waals surface area (Å²) >= 11 is 1.61. The summed E-state index contributed by atoms with van der Waals surface area (Å²) in [7, 11) is 1.65. The number of aliphatic hydroxyl groups excluding tert-OH is 1. The van der Waals surface area contributed by atoms with Crippen LogP contribution in [0.5, 0.6) is 5.75 Å². The van der Waals surface area contributed by atoms with Gasteiger partial charge >= 0.3 is 0 Å². The summed E-state index contributed by atoms with van der Waals surface area (Å²) in [6, 6.07) is 6.01. The van der Waals surface area contributed by atoms with Crippen LogP contribution < -0.4 is 4.74 Å². The van der Waals surface area contributed by atoms with Crippen LogP contribution in [0.15, 0.2) is 23.6 Å². The molecule has 0 aliphatic heterocycles. The molecule has 1 unspecified atom stereocenters. The Morgan fingerprint density at radius 1 is 1.33 bits per heavy atom. The van der Waals surface area contributed by atoms with Crippen LogP contribution in [-0.2, 0) is 11.8 Å². The zero-order valence-corrected chi connectivity index (χ0v) is 14.1. The van der Waals surface area contributed by atoms with E-state index >= 15 is 0 Å². The first-order chi connectivity index (χ1) is 9.81. The smallest absolute Gasteiger partial charge is 0.122 e. The van der Waals surface area contributed by atoms with Gasteiger partial charge in [-0.25, -0.2) is 4.98 Å². The molecule has 3 nitrogen and oxygen atoms in total. The number of thiazole rings is 1. The molecular weight excluding hydrogens is 282 g/mol. The summed E-state index contributed by atoms with van der Waals surface area (Å²) in [6.07, 6.45) is -0.0916. The second kappa shape index (κ2) is 6.16. The highest BCUT2D eigenvalue weighted by atomic mass is 32.1. The molecule has 0 saturated heterocycles. The highest BCUT2D eigenvalue weighted by molar-refractivity contribution is 7.09. The lowest BCUT2D eigenvalue weighted by molar-refractivity contribution is 0.172. The summed E-state index contributed by atoms with van der Waals surface area (Å²) in [6.45, 7) is 8.43. The number of rotatable bonds is 4. The number of methoxy groups -OCH3 is 1. The predicted octanol–water partition coefficient (Wildman–Crippen LogP) is 4.03. The lowest BCUT2D eigenvalue weighted by Gasteiger charge is -2.15. The van der Waals surface area contributed by atoms with E-state index < -0.39 is 6.10 Å². The molecule has 21 heavy (non-hydrogen) atoms. The molecule has 1 atom stereocenters. The van der Waals surface area contributed by atoms with Gasteiger partial charge in [-0.3, -0.25) is 0 Å². The molecule has 0 amide bonds. The Morgan fingerprint density at radius 3 is 2.62 bits per heavy atom. The fourth-order valence-corrected chi connectivity index (χ4v) is 3.12. The molecular formula is C17H23NO2S. The third-order valence-corrected chi connectivity index (χ3v) is 4.64. The lowest BCUT2D eigenvalue weighted by atomic mass is 9.98. The Hall–Kier alpha value is -1.39. The van der Waals surface area contributed by atoms with Crippen LogP contribution in [0.3, 0.4) is 0 Å². The van der Waals surface area contributed by atoms with Crippen molar-refractivity contribution in [3.8, 4) is 5.75 Å². The van der Waals surface area contributed by atoms with E-state index in [-0.39, 0.29) is 5.41 Å². The maximum atomic E-state index is 10.5. The molecule has 1 aromatic carbocycles. The molecule has 1 heterocycles. The van der Waals surface area contributed by atoms with Crippen molar-refractivity contribution in [2.24, 2.45) is 0 Å². The van der Waals surface area contributed by atoms with Gasteiger partial charge < -0.3 is 9.84 Å². The zero-order chi connectivity index (χ0) is 15.6. The second-order valence-electron chi connectivity index (χ2n) is 6.36. The van der Waals surface area contributed by atoms with Gasteiger partial charge in [0.05, 0.1) is 17.8 Å². The normalized spacial score (nSPS) is 13.2. The maximum absolute atomic E-state index is 10.5. The largest absolute Gasteiger partial charge is 0.496 e. The summed E-state index contributed by atoms with van der Waals surface area (Å²) in [5, 5.41) is 13.5. The van der Waals surface area contributed by atoms with Crippen molar-refractivity contribution < 1.29 is 9.84 Å². The number of hydrogen-bond donors (Lipinski definition) is 1. The summed E-state index contributed by atoms with van der Waals surface area (Å²) in [5.41, 5.74) is 2.93. The highest BCUT2D eigenvalue weighted by Crippen LogP contribution is 2.30. The first kappa shape index (κ1) is 16.0. The molecule has 0 radical (unpaired) electrons. The van der Waals surface area contributed by atoms with E-state index in [0.29, 0.717) is 6.42 Å². The van der Waals surface area contributed by atoms with Crippen molar-refractivity contribution in [3.05, 3.63) is 45.4 Å². The first-order valence-corrected chi connectivity index (χ1v) is 7.96. The molecule has 0 aliphatic carbocycles. The first-order valence-electron chi connectivity index (χ1n) is 7.08. The van der Waals surface area contributed by atoms with E-state index in [2.05, 4.69) is 31.8 Å². The van der Waals surface area contributed by atoms with Crippen LogP contribution in [0.2, 0.25) is 0 Å². The molecule has 0 fully saturated rings. The van der Waals surface area contributed by atoms with E-state index in [1.807, 2.05) is 24.4 Å². The fourth-order valence-electron chi connectivity index (χ4n) is 2.16. The number of aliphatic hydroxyl groups is 1. The molecule has 0 spiro atoms. The Kier molecular flexibility index (Phi) is 4.69. The number of ether oxygens (including phenoxy) is 1. The Balaban J connectivity index is 2.20. The number of hydrogen-bond acceptors (Lipinski definition) is 4. The van der Waals surface area contributed by atoms with Gasteiger partial charge in [0, 0.05) is 17.2 Å². The van der Waals surface area contributed by atoms with Gasteiger partial charge in [0.1, 0.15) is 11.9 Å². The van der Waals surface area contributed by atoms with Crippen molar-refractivity contribution in [2.75, 3.05) is 7.11 Å².